The molecule has 88 valence electrons. The highest BCUT2D eigenvalue weighted by atomic mass is 16.5. The summed E-state index contributed by atoms with van der Waals surface area (Å²) in [6.45, 7) is 4.22. The molecule has 1 aliphatic heterocycles. The highest BCUT2D eigenvalue weighted by molar-refractivity contribution is 5.63. The Kier molecular flexibility index (Phi) is 3.51. The molecular weight excluding hydrogens is 204 g/mol. The number of nitrogens with two attached hydrogens (primary N) is 1. The van der Waals surface area contributed by atoms with E-state index >= 15 is 0 Å². The number of nitrogens with one attached hydrogen (secondary N) is 1. The molecule has 1 aliphatic rings. The second kappa shape index (κ2) is 5.07. The van der Waals surface area contributed by atoms with Crippen LogP contribution in [-0.2, 0) is 4.74 Å². The standard InChI is InChI=1S/C12H18N2O2/c1-2-5-15-10-7-14-11-6-9(13)3-4-12(11)16-8-10/h3-4,6,10,14H,2,5,7-8,13H2,1H3. The van der Waals surface area contributed by atoms with Crippen LogP contribution in [0.3, 0.4) is 0 Å². The summed E-state index contributed by atoms with van der Waals surface area (Å²) in [6, 6.07) is 5.62. The molecule has 1 aromatic carbocycles. The number of hydrogen-bond donors (Lipinski definition) is 2. The van der Waals surface area contributed by atoms with E-state index in [0.29, 0.717) is 6.61 Å². The van der Waals surface area contributed by atoms with Crippen molar-refractivity contribution < 1.29 is 9.47 Å². The molecule has 0 aromatic heterocycles. The van der Waals surface area contributed by atoms with Crippen molar-refractivity contribution in [3.8, 4) is 5.75 Å². The average molecular weight is 222 g/mol. The second-order valence-corrected chi connectivity index (χ2v) is 3.94. The van der Waals surface area contributed by atoms with Crippen LogP contribution in [0.2, 0.25) is 0 Å². The van der Waals surface area contributed by atoms with Crippen molar-refractivity contribution in [2.45, 2.75) is 19.4 Å². The summed E-state index contributed by atoms with van der Waals surface area (Å²) in [4.78, 5) is 0. The summed E-state index contributed by atoms with van der Waals surface area (Å²) in [5.41, 5.74) is 7.41. The molecule has 3 N–H and O–H groups in total. The van der Waals surface area contributed by atoms with Crippen LogP contribution in [0.25, 0.3) is 0 Å². The number of benzene rings is 1. The van der Waals surface area contributed by atoms with E-state index in [2.05, 4.69) is 12.2 Å². The van der Waals surface area contributed by atoms with Crippen molar-refractivity contribution in [3.05, 3.63) is 18.2 Å². The Hall–Kier alpha value is -1.42. The molecule has 4 heteroatoms. The summed E-state index contributed by atoms with van der Waals surface area (Å²) < 4.78 is 11.3. The van der Waals surface area contributed by atoms with Gasteiger partial charge in [0.1, 0.15) is 18.5 Å². The van der Waals surface area contributed by atoms with E-state index in [0.717, 1.165) is 36.7 Å². The molecule has 0 saturated heterocycles. The fourth-order valence-electron chi connectivity index (χ4n) is 1.67. The fraction of sp³-hybridized carbons (Fsp3) is 0.500. The smallest absolute Gasteiger partial charge is 0.142 e. The van der Waals surface area contributed by atoms with Gasteiger partial charge in [-0.1, -0.05) is 6.92 Å². The maximum atomic E-state index is 5.72. The minimum Gasteiger partial charge on any atom is -0.489 e. The third kappa shape index (κ3) is 2.58. The van der Waals surface area contributed by atoms with Crippen LogP contribution in [0, 0.1) is 0 Å². The number of hydrogen-bond acceptors (Lipinski definition) is 4. The maximum Gasteiger partial charge on any atom is 0.142 e. The molecule has 1 unspecified atom stereocenters. The molecule has 2 rings (SSSR count). The molecule has 1 heterocycles. The first-order valence-electron chi connectivity index (χ1n) is 5.67. The van der Waals surface area contributed by atoms with Gasteiger partial charge in [-0.2, -0.15) is 0 Å². The molecule has 0 aliphatic carbocycles. The van der Waals surface area contributed by atoms with E-state index in [-0.39, 0.29) is 6.10 Å². The van der Waals surface area contributed by atoms with Gasteiger partial charge in [0, 0.05) is 18.8 Å². The Bertz CT molecular complexity index is 355. The third-order valence-electron chi connectivity index (χ3n) is 2.51. The van der Waals surface area contributed by atoms with Crippen molar-refractivity contribution in [3.63, 3.8) is 0 Å². The predicted octanol–water partition coefficient (Wildman–Crippen LogP) is 1.87. The first-order chi connectivity index (χ1) is 7.79. The van der Waals surface area contributed by atoms with Gasteiger partial charge in [-0.15, -0.1) is 0 Å². The highest BCUT2D eigenvalue weighted by Gasteiger charge is 2.16. The SMILES string of the molecule is CCCOC1CNc2cc(N)ccc2OC1. The molecule has 16 heavy (non-hydrogen) atoms. The molecule has 4 nitrogen and oxygen atoms in total. The number of rotatable bonds is 3. The third-order valence-corrected chi connectivity index (χ3v) is 2.51. The van der Waals surface area contributed by atoms with Crippen molar-refractivity contribution in [1.82, 2.24) is 0 Å². The molecule has 0 radical (unpaired) electrons. The molecular formula is C12H18N2O2. The van der Waals surface area contributed by atoms with Crippen LogP contribution in [0.15, 0.2) is 18.2 Å². The lowest BCUT2D eigenvalue weighted by molar-refractivity contribution is 0.0318. The van der Waals surface area contributed by atoms with E-state index < -0.39 is 0 Å². The number of nitrogen functional groups attached to an aromatic ring is 1. The van der Waals surface area contributed by atoms with Crippen molar-refractivity contribution in [2.75, 3.05) is 30.8 Å². The van der Waals surface area contributed by atoms with Crippen LogP contribution >= 0.6 is 0 Å². The molecule has 0 spiro atoms. The Balaban J connectivity index is 2.01. The van der Waals surface area contributed by atoms with Gasteiger partial charge in [0.05, 0.1) is 5.69 Å². The highest BCUT2D eigenvalue weighted by Crippen LogP contribution is 2.28. The average Bonchev–Trinajstić information content (AvgIpc) is 2.48. The lowest BCUT2D eigenvalue weighted by Gasteiger charge is -2.14. The zero-order valence-electron chi connectivity index (χ0n) is 9.53. The number of ether oxygens (including phenoxy) is 2. The van der Waals surface area contributed by atoms with E-state index in [1.165, 1.54) is 0 Å². The molecule has 0 amide bonds. The zero-order chi connectivity index (χ0) is 11.4. The Morgan fingerprint density at radius 2 is 2.44 bits per heavy atom. The van der Waals surface area contributed by atoms with Gasteiger partial charge < -0.3 is 20.5 Å². The molecule has 1 atom stereocenters. The summed E-state index contributed by atoms with van der Waals surface area (Å²) in [7, 11) is 0. The summed E-state index contributed by atoms with van der Waals surface area (Å²) in [5, 5.41) is 3.29. The maximum absolute atomic E-state index is 5.72. The quantitative estimate of drug-likeness (QED) is 0.766. The summed E-state index contributed by atoms with van der Waals surface area (Å²) in [5.74, 6) is 0.844. The number of anilines is 2. The van der Waals surface area contributed by atoms with Crippen LogP contribution in [0.4, 0.5) is 11.4 Å². The Morgan fingerprint density at radius 1 is 1.56 bits per heavy atom. The first-order valence-corrected chi connectivity index (χ1v) is 5.67. The lowest BCUT2D eigenvalue weighted by atomic mass is 10.2. The van der Waals surface area contributed by atoms with Crippen molar-refractivity contribution in [2.24, 2.45) is 0 Å². The van der Waals surface area contributed by atoms with Gasteiger partial charge >= 0.3 is 0 Å². The summed E-state index contributed by atoms with van der Waals surface area (Å²) in [6.07, 6.45) is 1.13. The Labute approximate surface area is 95.7 Å². The normalized spacial score (nSPS) is 19.2. The van der Waals surface area contributed by atoms with Gasteiger partial charge in [-0.25, -0.2) is 0 Å². The van der Waals surface area contributed by atoms with Crippen molar-refractivity contribution >= 4 is 11.4 Å². The first kappa shape index (κ1) is 11.1. The largest absolute Gasteiger partial charge is 0.489 e. The Morgan fingerprint density at radius 3 is 3.25 bits per heavy atom. The fourth-order valence-corrected chi connectivity index (χ4v) is 1.67. The monoisotopic (exact) mass is 222 g/mol. The van der Waals surface area contributed by atoms with Crippen LogP contribution < -0.4 is 15.8 Å². The van der Waals surface area contributed by atoms with E-state index in [1.807, 2.05) is 18.2 Å². The zero-order valence-corrected chi connectivity index (χ0v) is 9.53. The molecule has 0 bridgehead atoms. The lowest BCUT2D eigenvalue weighted by Crippen LogP contribution is -2.27. The predicted molar refractivity (Wildman–Crippen MR) is 64.9 cm³/mol. The van der Waals surface area contributed by atoms with Gasteiger partial charge in [0.2, 0.25) is 0 Å². The van der Waals surface area contributed by atoms with Crippen LogP contribution in [0.5, 0.6) is 5.75 Å². The van der Waals surface area contributed by atoms with Crippen LogP contribution in [0.1, 0.15) is 13.3 Å². The van der Waals surface area contributed by atoms with Crippen LogP contribution in [-0.4, -0.2) is 25.9 Å². The van der Waals surface area contributed by atoms with Gasteiger partial charge in [0.25, 0.3) is 0 Å². The second-order valence-electron chi connectivity index (χ2n) is 3.94. The van der Waals surface area contributed by atoms with Crippen molar-refractivity contribution in [1.29, 1.82) is 0 Å². The number of fused-ring (bicyclic) bond motifs is 1. The van der Waals surface area contributed by atoms with E-state index in [9.17, 15) is 0 Å². The van der Waals surface area contributed by atoms with E-state index in [4.69, 9.17) is 15.2 Å². The molecule has 0 fully saturated rings. The molecule has 1 aromatic rings. The minimum absolute atomic E-state index is 0.105. The van der Waals surface area contributed by atoms with Gasteiger partial charge in [-0.05, 0) is 24.6 Å². The van der Waals surface area contributed by atoms with Gasteiger partial charge in [0.15, 0.2) is 0 Å². The van der Waals surface area contributed by atoms with Gasteiger partial charge in [-0.3, -0.25) is 0 Å². The topological polar surface area (TPSA) is 56.5 Å². The van der Waals surface area contributed by atoms with E-state index in [1.54, 1.807) is 0 Å². The molecule has 0 saturated carbocycles. The minimum atomic E-state index is 0.105. The summed E-state index contributed by atoms with van der Waals surface area (Å²) >= 11 is 0.